The Kier molecular flexibility index (Phi) is 16.3. The maximum atomic E-state index is 4.11. The van der Waals surface area contributed by atoms with Crippen molar-refractivity contribution in [2.24, 2.45) is 0 Å². The minimum atomic E-state index is -2.09. The standard InChI is InChI=1S/4C9H7.2C6H11Si.2ClH.2Hf/c4*1-2-5-9-7-3-6-8(9)4-1;2*1-3-5-7-6-4-2;;;;/h4*1-7H;2*3-4,7H,1-2,5-6H2;2*1H;;/q;;;;;;;;2*+1/p-2. The van der Waals surface area contributed by atoms with Crippen molar-refractivity contribution in [2.75, 3.05) is 0 Å². The molecule has 6 heteroatoms. The summed E-state index contributed by atoms with van der Waals surface area (Å²) in [5.41, 5.74) is 12.2. The van der Waals surface area contributed by atoms with E-state index in [2.05, 4.69) is 196 Å². The SMILES string of the molecule is C=CC[SiH](CC=C)[Hf+]([CH]1C=Cc2ccccc21)[CH]1C=Cc2ccccc21.C=CC[SiH](CC=C)[Hf+]([CH]1C=Cc2ccccc21)[CH]1C=Cc2ccccc21.[Cl-].[Cl-]. The van der Waals surface area contributed by atoms with E-state index < -0.39 is 53.2 Å². The van der Waals surface area contributed by atoms with E-state index in [1.807, 2.05) is 0 Å². The Morgan fingerprint density at radius 1 is 0.389 bits per heavy atom. The first-order valence-corrected chi connectivity index (χ1v) is 44.1. The summed E-state index contributed by atoms with van der Waals surface area (Å²) in [6.45, 7) is 16.4. The number of rotatable bonds is 14. The Hall–Kier alpha value is -2.45. The van der Waals surface area contributed by atoms with Crippen LogP contribution in [-0.4, -0.2) is 12.0 Å². The second-order valence-corrected chi connectivity index (χ2v) is 63.7. The molecule has 272 valence electrons. The number of fused-ring (bicyclic) bond motifs is 4. The van der Waals surface area contributed by atoms with Gasteiger partial charge in [0.2, 0.25) is 0 Å². The van der Waals surface area contributed by atoms with Crippen LogP contribution in [-0.2, 0) is 41.2 Å². The third-order valence-corrected chi connectivity index (χ3v) is 76.7. The van der Waals surface area contributed by atoms with E-state index in [-0.39, 0.29) is 24.8 Å². The van der Waals surface area contributed by atoms with Crippen LogP contribution in [0.25, 0.3) is 24.3 Å². The average molecular weight is 1110 g/mol. The molecule has 0 fully saturated rings. The zero-order valence-electron chi connectivity index (χ0n) is 31.0. The van der Waals surface area contributed by atoms with E-state index >= 15 is 0 Å². The zero-order valence-corrected chi connectivity index (χ0v) is 42.0. The molecule has 4 aromatic carbocycles. The van der Waals surface area contributed by atoms with Crippen LogP contribution in [0.2, 0.25) is 24.2 Å². The van der Waals surface area contributed by atoms with Gasteiger partial charge in [0.1, 0.15) is 0 Å². The molecule has 0 amide bonds. The molecular formula is C48H50Cl2Hf2Si2. The summed E-state index contributed by atoms with van der Waals surface area (Å²) in [5, 5.41) is 0. The van der Waals surface area contributed by atoms with Gasteiger partial charge in [0.25, 0.3) is 0 Å². The fourth-order valence-corrected chi connectivity index (χ4v) is 80.8. The van der Waals surface area contributed by atoms with Crippen LogP contribution in [0.3, 0.4) is 0 Å². The van der Waals surface area contributed by atoms with Gasteiger partial charge in [-0.15, -0.1) is 0 Å². The third-order valence-electron chi connectivity index (χ3n) is 11.4. The van der Waals surface area contributed by atoms with E-state index in [0.29, 0.717) is 14.7 Å². The number of hydrogen-bond acceptors (Lipinski definition) is 0. The molecule has 4 aliphatic rings. The summed E-state index contributed by atoms with van der Waals surface area (Å²) in [5.74, 6) is -1.80. The molecule has 4 aliphatic carbocycles. The number of hydrogen-bond donors (Lipinski definition) is 0. The molecule has 0 aromatic heterocycles. The van der Waals surface area contributed by atoms with Gasteiger partial charge in [-0.1, -0.05) is 0 Å². The van der Waals surface area contributed by atoms with E-state index in [1.54, 1.807) is 22.3 Å². The van der Waals surface area contributed by atoms with E-state index in [9.17, 15) is 0 Å². The van der Waals surface area contributed by atoms with Gasteiger partial charge in [0.15, 0.2) is 0 Å². The zero-order chi connectivity index (χ0) is 35.9. The second-order valence-electron chi connectivity index (χ2n) is 14.4. The number of allylic oxidation sites excluding steroid dienone is 8. The van der Waals surface area contributed by atoms with Crippen molar-refractivity contribution in [3.8, 4) is 0 Å². The molecule has 0 N–H and O–H groups in total. The van der Waals surface area contributed by atoms with Crippen molar-refractivity contribution >= 4 is 36.3 Å². The molecule has 0 aliphatic heterocycles. The smallest absolute Gasteiger partial charge is 1.00 e. The minimum Gasteiger partial charge on any atom is -1.00 e. The van der Waals surface area contributed by atoms with Crippen LogP contribution in [0.1, 0.15) is 59.2 Å². The molecule has 0 bridgehead atoms. The molecule has 0 nitrogen and oxygen atoms in total. The van der Waals surface area contributed by atoms with Crippen LogP contribution in [0.5, 0.6) is 0 Å². The monoisotopic (exact) mass is 1110 g/mol. The molecule has 54 heavy (non-hydrogen) atoms. The van der Waals surface area contributed by atoms with Gasteiger partial charge in [-0.05, 0) is 0 Å². The average Bonchev–Trinajstić information content (AvgIpc) is 3.99. The topological polar surface area (TPSA) is 0 Å². The minimum absolute atomic E-state index is 0. The van der Waals surface area contributed by atoms with Gasteiger partial charge in [-0.2, -0.15) is 0 Å². The van der Waals surface area contributed by atoms with Gasteiger partial charge >= 0.3 is 333 Å². The molecule has 4 unspecified atom stereocenters. The Balaban J connectivity index is 0.000000200. The first-order chi connectivity index (χ1) is 25.7. The summed E-state index contributed by atoms with van der Waals surface area (Å²) < 4.78 is 2.87. The summed E-state index contributed by atoms with van der Waals surface area (Å²) in [6, 6.07) is 41.2. The maximum absolute atomic E-state index is 4.11. The Morgan fingerprint density at radius 2 is 0.611 bits per heavy atom. The molecule has 0 radical (unpaired) electrons. The van der Waals surface area contributed by atoms with Crippen LogP contribution >= 0.6 is 0 Å². The summed E-state index contributed by atoms with van der Waals surface area (Å²) in [6.07, 6.45) is 28.5. The molecule has 4 aromatic rings. The first-order valence-electron chi connectivity index (χ1n) is 18.9. The summed E-state index contributed by atoms with van der Waals surface area (Å²) in [4.78, 5) is 0. The largest absolute Gasteiger partial charge is 1.00 e. The number of benzene rings is 4. The Bertz CT molecular complexity index is 1770. The van der Waals surface area contributed by atoms with Gasteiger partial charge in [0.05, 0.1) is 0 Å². The molecule has 0 heterocycles. The molecule has 4 atom stereocenters. The third kappa shape index (κ3) is 9.06. The van der Waals surface area contributed by atoms with Crippen molar-refractivity contribution in [3.63, 3.8) is 0 Å². The molecule has 0 spiro atoms. The Labute approximate surface area is 354 Å². The molecule has 8 rings (SSSR count). The fraction of sp³-hybridized carbons (Fsp3) is 0.167. The van der Waals surface area contributed by atoms with E-state index in [0.717, 1.165) is 0 Å². The fourth-order valence-electron chi connectivity index (χ4n) is 9.10. The molecular weight excluding hydrogens is 1060 g/mol. The van der Waals surface area contributed by atoms with Crippen molar-refractivity contribution in [3.05, 3.63) is 216 Å². The van der Waals surface area contributed by atoms with Crippen LogP contribution < -0.4 is 24.8 Å². The predicted molar refractivity (Wildman–Crippen MR) is 227 cm³/mol. The van der Waals surface area contributed by atoms with Crippen LogP contribution in [0, 0.1) is 0 Å². The Morgan fingerprint density at radius 3 is 0.833 bits per heavy atom. The van der Waals surface area contributed by atoms with E-state index in [4.69, 9.17) is 0 Å². The van der Waals surface area contributed by atoms with Crippen molar-refractivity contribution in [1.82, 2.24) is 0 Å². The van der Waals surface area contributed by atoms with Crippen molar-refractivity contribution < 1.29 is 66.0 Å². The van der Waals surface area contributed by atoms with Gasteiger partial charge in [0, 0.05) is 0 Å². The van der Waals surface area contributed by atoms with Gasteiger partial charge in [-0.25, -0.2) is 0 Å². The summed E-state index contributed by atoms with van der Waals surface area (Å²) in [7, 11) is 0. The first kappa shape index (κ1) is 42.7. The summed E-state index contributed by atoms with van der Waals surface area (Å²) >= 11 is -4.18. The van der Waals surface area contributed by atoms with E-state index in [1.165, 1.54) is 46.4 Å². The van der Waals surface area contributed by atoms with Crippen LogP contribution in [0.15, 0.2) is 172 Å². The van der Waals surface area contributed by atoms with Crippen LogP contribution in [0.4, 0.5) is 0 Å². The number of halogens is 2. The quantitative estimate of drug-likeness (QED) is 0.100. The second kappa shape index (κ2) is 20.6. The molecule has 0 saturated heterocycles. The van der Waals surface area contributed by atoms with Crippen molar-refractivity contribution in [1.29, 1.82) is 0 Å². The normalized spacial score (nSPS) is 18.7. The van der Waals surface area contributed by atoms with Crippen molar-refractivity contribution in [2.45, 2.75) is 38.9 Å². The predicted octanol–water partition coefficient (Wildman–Crippen LogP) is 6.48. The maximum Gasteiger partial charge on any atom is -1.00 e. The van der Waals surface area contributed by atoms with Gasteiger partial charge < -0.3 is 24.8 Å². The molecule has 0 saturated carbocycles. The van der Waals surface area contributed by atoms with Gasteiger partial charge in [-0.3, -0.25) is 0 Å².